The summed E-state index contributed by atoms with van der Waals surface area (Å²) in [5.41, 5.74) is 5.58. The predicted octanol–water partition coefficient (Wildman–Crippen LogP) is 5.65. The van der Waals surface area contributed by atoms with Crippen LogP contribution in [0.25, 0.3) is 16.2 Å². The van der Waals surface area contributed by atoms with Gasteiger partial charge in [-0.2, -0.15) is 0 Å². The number of aromatic nitrogens is 1. The number of amides is 1. The van der Waals surface area contributed by atoms with Crippen molar-refractivity contribution in [3.8, 4) is 17.7 Å². The number of piperazine rings is 1. The van der Waals surface area contributed by atoms with Crippen molar-refractivity contribution in [2.24, 2.45) is 4.99 Å². The molecule has 1 aliphatic carbocycles. The zero-order chi connectivity index (χ0) is 27.3. The molecule has 1 aromatic heterocycles. The minimum Gasteiger partial charge on any atom is -0.659 e. The Kier molecular flexibility index (Phi) is 7.51. The van der Waals surface area contributed by atoms with Gasteiger partial charge in [-0.1, -0.05) is 55.2 Å². The number of nitrogens with one attached hydrogen (secondary N) is 2. The second kappa shape index (κ2) is 11.7. The van der Waals surface area contributed by atoms with Gasteiger partial charge in [-0.25, -0.2) is 4.99 Å². The number of carbonyl (C=O) groups is 1. The topological polar surface area (TPSA) is 94.8 Å². The van der Waals surface area contributed by atoms with E-state index in [9.17, 15) is 9.90 Å². The van der Waals surface area contributed by atoms with Crippen molar-refractivity contribution in [2.45, 2.75) is 31.7 Å². The molecule has 1 aliphatic heterocycles. The minimum atomic E-state index is -0.248. The molecule has 2 heterocycles. The Morgan fingerprint density at radius 3 is 2.50 bits per heavy atom. The van der Waals surface area contributed by atoms with Gasteiger partial charge >= 0.3 is 0 Å². The predicted molar refractivity (Wildman–Crippen MR) is 161 cm³/mol. The first-order valence-corrected chi connectivity index (χ1v) is 13.9. The smallest absolute Gasteiger partial charge is 0.296 e. The molecule has 1 saturated heterocycles. The first kappa shape index (κ1) is 25.7. The van der Waals surface area contributed by atoms with Crippen LogP contribution in [0.1, 0.15) is 42.4 Å². The van der Waals surface area contributed by atoms with E-state index in [1.165, 1.54) is 0 Å². The Labute approximate surface area is 234 Å². The van der Waals surface area contributed by atoms with Gasteiger partial charge in [0.2, 0.25) is 0 Å². The van der Waals surface area contributed by atoms with Gasteiger partial charge in [0.1, 0.15) is 0 Å². The molecule has 1 amide bonds. The standard InChI is InChI=1S/C33H32N5O2/c39-30(35-25-8-4-5-9-25)17-11-23-10-16-28-29(22-23)37-33(40)31(28)32(24-6-2-1-3-7-24)36-26-12-14-27(15-13-26)38-20-18-34-19-21-38/h1-3,6-7,10,12-16,22,25,37,40H,4-5,8-9,18-21H2,(H,35,39)/q-1. The first-order chi connectivity index (χ1) is 19.6. The third kappa shape index (κ3) is 5.73. The van der Waals surface area contributed by atoms with Crippen LogP contribution in [-0.4, -0.2) is 53.9 Å². The number of nitrogens with zero attached hydrogens (tertiary/aromatic N) is 3. The molecular formula is C33H32N5O2-. The van der Waals surface area contributed by atoms with Crippen molar-refractivity contribution >= 4 is 33.9 Å². The highest BCUT2D eigenvalue weighted by atomic mass is 16.3. The number of fused-ring (bicyclic) bond motifs is 1. The normalized spacial score (nSPS) is 16.1. The highest BCUT2D eigenvalue weighted by molar-refractivity contribution is 6.22. The fourth-order valence-electron chi connectivity index (χ4n) is 5.51. The average molecular weight is 531 g/mol. The summed E-state index contributed by atoms with van der Waals surface area (Å²) < 4.78 is 0. The van der Waals surface area contributed by atoms with E-state index in [-0.39, 0.29) is 17.8 Å². The summed E-state index contributed by atoms with van der Waals surface area (Å²) in [7, 11) is 0. The van der Waals surface area contributed by atoms with Crippen molar-refractivity contribution in [1.29, 1.82) is 0 Å². The quantitative estimate of drug-likeness (QED) is 0.230. The highest BCUT2D eigenvalue weighted by Crippen LogP contribution is 2.32. The third-order valence-electron chi connectivity index (χ3n) is 7.59. The second-order valence-electron chi connectivity index (χ2n) is 10.3. The third-order valence-corrected chi connectivity index (χ3v) is 7.59. The van der Waals surface area contributed by atoms with Crippen LogP contribution in [0.15, 0.2) is 77.8 Å². The summed E-state index contributed by atoms with van der Waals surface area (Å²) in [6, 6.07) is 24.0. The number of aromatic amines is 1. The number of hydrogen-bond donors (Lipinski definition) is 3. The van der Waals surface area contributed by atoms with E-state index >= 15 is 0 Å². The molecule has 0 bridgehead atoms. The van der Waals surface area contributed by atoms with Crippen LogP contribution in [-0.2, 0) is 4.79 Å². The Bertz CT molecular complexity index is 1580. The van der Waals surface area contributed by atoms with Crippen LogP contribution in [0, 0.1) is 11.8 Å². The average Bonchev–Trinajstić information content (AvgIpc) is 3.62. The van der Waals surface area contributed by atoms with Crippen LogP contribution in [0.3, 0.4) is 0 Å². The Morgan fingerprint density at radius 2 is 1.75 bits per heavy atom. The van der Waals surface area contributed by atoms with Gasteiger partial charge in [0.25, 0.3) is 5.91 Å². The molecule has 7 heteroatoms. The van der Waals surface area contributed by atoms with E-state index in [0.717, 1.165) is 79.7 Å². The second-order valence-corrected chi connectivity index (χ2v) is 10.3. The van der Waals surface area contributed by atoms with Crippen LogP contribution in [0.5, 0.6) is 5.88 Å². The van der Waals surface area contributed by atoms with Crippen molar-refractivity contribution in [1.82, 2.24) is 10.3 Å². The molecule has 7 nitrogen and oxygen atoms in total. The van der Waals surface area contributed by atoms with Gasteiger partial charge in [-0.3, -0.25) is 4.79 Å². The van der Waals surface area contributed by atoms with Crippen LogP contribution < -0.4 is 10.2 Å². The van der Waals surface area contributed by atoms with Gasteiger partial charge in [0.15, 0.2) is 5.88 Å². The van der Waals surface area contributed by atoms with Crippen molar-refractivity contribution < 1.29 is 9.90 Å². The maximum atomic E-state index is 12.3. The molecule has 40 heavy (non-hydrogen) atoms. The molecule has 0 spiro atoms. The summed E-state index contributed by atoms with van der Waals surface area (Å²) >= 11 is 0. The van der Waals surface area contributed by atoms with Gasteiger partial charge < -0.3 is 25.6 Å². The lowest BCUT2D eigenvalue weighted by molar-refractivity contribution is -0.116. The maximum Gasteiger partial charge on any atom is 0.296 e. The molecule has 1 saturated carbocycles. The van der Waals surface area contributed by atoms with Gasteiger partial charge in [0, 0.05) is 34.2 Å². The van der Waals surface area contributed by atoms with Crippen molar-refractivity contribution in [3.63, 3.8) is 0 Å². The number of anilines is 1. The number of rotatable bonds is 5. The fourth-order valence-corrected chi connectivity index (χ4v) is 5.51. The molecule has 3 N–H and O–H groups in total. The Hall–Kier alpha value is -4.54. The maximum absolute atomic E-state index is 12.3. The summed E-state index contributed by atoms with van der Waals surface area (Å²) in [6.07, 6.45) is 4.36. The molecule has 2 fully saturated rings. The summed E-state index contributed by atoms with van der Waals surface area (Å²) in [5, 5.41) is 19.3. The number of aliphatic imine (C=N–C) groups is 1. The molecule has 0 unspecified atom stereocenters. The highest BCUT2D eigenvalue weighted by Gasteiger charge is 2.19. The van der Waals surface area contributed by atoms with Crippen LogP contribution in [0.4, 0.5) is 11.4 Å². The molecular weight excluding hydrogens is 498 g/mol. The number of carbonyl (C=O) groups excluding carboxylic acids is 1. The van der Waals surface area contributed by atoms with Crippen molar-refractivity contribution in [2.75, 3.05) is 31.1 Å². The number of hydrogen-bond acceptors (Lipinski definition) is 4. The lowest BCUT2D eigenvalue weighted by Gasteiger charge is -2.36. The zero-order valence-corrected chi connectivity index (χ0v) is 22.4. The Balaban J connectivity index is 1.32. The zero-order valence-electron chi connectivity index (χ0n) is 22.4. The number of benzene rings is 3. The molecule has 4 aromatic rings. The van der Waals surface area contributed by atoms with Gasteiger partial charge in [-0.15, -0.1) is 13.1 Å². The molecule has 0 radical (unpaired) electrons. The van der Waals surface area contributed by atoms with E-state index in [4.69, 9.17) is 4.99 Å². The van der Waals surface area contributed by atoms with E-state index in [2.05, 4.69) is 44.5 Å². The lowest BCUT2D eigenvalue weighted by Crippen LogP contribution is -2.33. The van der Waals surface area contributed by atoms with Crippen LogP contribution in [0.2, 0.25) is 0 Å². The van der Waals surface area contributed by atoms with E-state index in [1.54, 1.807) is 0 Å². The molecule has 2 aliphatic rings. The minimum absolute atomic E-state index is 0.0374. The number of aromatic hydroxyl groups is 1. The van der Waals surface area contributed by atoms with E-state index in [1.807, 2.05) is 60.7 Å². The van der Waals surface area contributed by atoms with Gasteiger partial charge in [-0.05, 0) is 62.3 Å². The number of H-pyrrole nitrogens is 1. The summed E-state index contributed by atoms with van der Waals surface area (Å²) in [5.74, 6) is 5.47. The fraction of sp³-hybridized carbons (Fsp3) is 0.273. The molecule has 0 atom stereocenters. The monoisotopic (exact) mass is 530 g/mol. The summed E-state index contributed by atoms with van der Waals surface area (Å²) in [4.78, 5) is 22.7. The SMILES string of the molecule is O=C(C#Cc1ccc2c(C(=Nc3ccc(N4CC[N-]CC4)cc3)c3ccccc3)c(O)[nH]c2c1)NC1CCCC1. The van der Waals surface area contributed by atoms with Crippen LogP contribution >= 0.6 is 0 Å². The van der Waals surface area contributed by atoms with E-state index < -0.39 is 0 Å². The van der Waals surface area contributed by atoms with E-state index in [0.29, 0.717) is 16.8 Å². The first-order valence-electron chi connectivity index (χ1n) is 13.9. The Morgan fingerprint density at radius 1 is 1.00 bits per heavy atom. The van der Waals surface area contributed by atoms with Gasteiger partial charge in [0.05, 0.1) is 22.5 Å². The molecule has 202 valence electrons. The summed E-state index contributed by atoms with van der Waals surface area (Å²) in [6.45, 7) is 3.58. The largest absolute Gasteiger partial charge is 0.659 e. The molecule has 6 rings (SSSR count). The van der Waals surface area contributed by atoms with Crippen molar-refractivity contribution in [3.05, 3.63) is 94.8 Å². The lowest BCUT2D eigenvalue weighted by atomic mass is 10.00. The molecule has 3 aromatic carbocycles.